The Morgan fingerprint density at radius 1 is 1.00 bits per heavy atom. The molecule has 0 aliphatic rings. The van der Waals surface area contributed by atoms with Gasteiger partial charge < -0.3 is 0 Å². The summed E-state index contributed by atoms with van der Waals surface area (Å²) in [5.74, 6) is 0. The first kappa shape index (κ1) is 8.92. The molecule has 0 amide bonds. The third-order valence-corrected chi connectivity index (χ3v) is 8.65. The van der Waals surface area contributed by atoms with E-state index < -0.39 is 6.04 Å². The van der Waals surface area contributed by atoms with E-state index >= 15 is 0 Å². The fraction of sp³-hybridized carbons (Fsp3) is 1.00. The van der Waals surface area contributed by atoms with Crippen LogP contribution >= 0.6 is 6.04 Å². The Bertz CT molecular complexity index is 51.3. The van der Waals surface area contributed by atoms with Crippen LogP contribution in [0.15, 0.2) is 0 Å². The molecule has 0 atom stereocenters. The zero-order valence-corrected chi connectivity index (χ0v) is 7.93. The van der Waals surface area contributed by atoms with Crippen molar-refractivity contribution in [2.75, 3.05) is 18.5 Å². The molecular formula is C6H16NiP. The van der Waals surface area contributed by atoms with Crippen LogP contribution in [0.25, 0.3) is 0 Å². The van der Waals surface area contributed by atoms with Crippen LogP contribution in [0.4, 0.5) is 0 Å². The van der Waals surface area contributed by atoms with Crippen LogP contribution in [0.2, 0.25) is 0 Å². The zero-order chi connectivity index (χ0) is 6.62. The summed E-state index contributed by atoms with van der Waals surface area (Å²) < 4.78 is 0. The van der Waals surface area contributed by atoms with Crippen LogP contribution in [0, 0.1) is 0 Å². The molecule has 0 unspecified atom stereocenters. The minimum atomic E-state index is -1.05. The van der Waals surface area contributed by atoms with Crippen LogP contribution in [-0.2, 0) is 15.0 Å². The molecule has 0 bridgehead atoms. The van der Waals surface area contributed by atoms with Crippen LogP contribution in [0.3, 0.4) is 0 Å². The molecule has 0 radical (unpaired) electrons. The summed E-state index contributed by atoms with van der Waals surface area (Å²) in [7, 11) is 0. The average molecular weight is 178 g/mol. The Kier molecular flexibility index (Phi) is 4.30. The Labute approximate surface area is 60.8 Å². The molecule has 0 aromatic rings. The molecule has 0 aliphatic carbocycles. The van der Waals surface area contributed by atoms with Gasteiger partial charge in [-0.05, 0) is 0 Å². The van der Waals surface area contributed by atoms with Gasteiger partial charge in [0.25, 0.3) is 0 Å². The van der Waals surface area contributed by atoms with Crippen LogP contribution in [0.5, 0.6) is 0 Å². The van der Waals surface area contributed by atoms with Crippen LogP contribution < -0.4 is 0 Å². The first-order valence-corrected chi connectivity index (χ1v) is 7.26. The fourth-order valence-electron chi connectivity index (χ4n) is 0.750. The SMILES string of the molecule is CC[PH]([Ni])(CC)CC. The number of rotatable bonds is 3. The molecule has 0 aromatic carbocycles. The molecule has 0 saturated heterocycles. The Balaban J connectivity index is 3.58. The van der Waals surface area contributed by atoms with E-state index in [-0.39, 0.29) is 0 Å². The van der Waals surface area contributed by atoms with Crippen molar-refractivity contribution in [3.05, 3.63) is 0 Å². The van der Waals surface area contributed by atoms with Gasteiger partial charge in [-0.25, -0.2) is 0 Å². The number of hydrogen-bond donors (Lipinski definition) is 0. The minimum absolute atomic E-state index is 1.05. The van der Waals surface area contributed by atoms with Gasteiger partial charge in [0.1, 0.15) is 0 Å². The normalized spacial score (nSPS) is 14.1. The maximum atomic E-state index is 5.15. The third kappa shape index (κ3) is 2.47. The molecule has 0 fully saturated rings. The van der Waals surface area contributed by atoms with Crippen molar-refractivity contribution in [2.45, 2.75) is 20.8 Å². The monoisotopic (exact) mass is 177 g/mol. The van der Waals surface area contributed by atoms with Gasteiger partial charge in [0, 0.05) is 0 Å². The van der Waals surface area contributed by atoms with E-state index in [0.29, 0.717) is 0 Å². The van der Waals surface area contributed by atoms with Crippen molar-refractivity contribution in [1.29, 1.82) is 0 Å². The summed E-state index contributed by atoms with van der Waals surface area (Å²) in [5, 5.41) is 0. The summed E-state index contributed by atoms with van der Waals surface area (Å²) in [6.07, 6.45) is 3.88. The summed E-state index contributed by atoms with van der Waals surface area (Å²) in [4.78, 5) is 0. The second-order valence-electron chi connectivity index (χ2n) is 2.15. The second kappa shape index (κ2) is 3.86. The quantitative estimate of drug-likeness (QED) is 0.459. The Morgan fingerprint density at radius 2 is 1.25 bits per heavy atom. The van der Waals surface area contributed by atoms with E-state index in [2.05, 4.69) is 20.8 Å². The zero-order valence-electron chi connectivity index (χ0n) is 5.94. The maximum absolute atomic E-state index is 5.15. The van der Waals surface area contributed by atoms with Crippen molar-refractivity contribution >= 4 is 6.04 Å². The van der Waals surface area contributed by atoms with Crippen LogP contribution in [-0.4, -0.2) is 18.5 Å². The van der Waals surface area contributed by atoms with E-state index in [1.54, 1.807) is 0 Å². The fourth-order valence-corrected chi connectivity index (χ4v) is 2.25. The van der Waals surface area contributed by atoms with E-state index in [0.717, 1.165) is 0 Å². The first-order valence-electron chi connectivity index (χ1n) is 3.34. The first-order chi connectivity index (χ1) is 3.68. The van der Waals surface area contributed by atoms with E-state index in [4.69, 9.17) is 15.0 Å². The van der Waals surface area contributed by atoms with Gasteiger partial charge in [0.2, 0.25) is 0 Å². The molecular weight excluding hydrogens is 162 g/mol. The molecule has 0 saturated carbocycles. The van der Waals surface area contributed by atoms with Crippen molar-refractivity contribution in [3.8, 4) is 0 Å². The molecule has 0 rings (SSSR count). The number of hydrogen-bond acceptors (Lipinski definition) is 0. The van der Waals surface area contributed by atoms with Gasteiger partial charge in [-0.1, -0.05) is 0 Å². The molecule has 8 heavy (non-hydrogen) atoms. The summed E-state index contributed by atoms with van der Waals surface area (Å²) in [5.41, 5.74) is 0. The van der Waals surface area contributed by atoms with Gasteiger partial charge >= 0.3 is 60.3 Å². The molecule has 0 aliphatic heterocycles. The standard InChI is InChI=1S/C6H15P.Ni/c1-4-7(5-2)6-3;/h4-6H2,1-3H3;/q;-1/p+1. The summed E-state index contributed by atoms with van der Waals surface area (Å²) >= 11 is 5.15. The van der Waals surface area contributed by atoms with Crippen molar-refractivity contribution in [2.24, 2.45) is 0 Å². The topological polar surface area (TPSA) is 0 Å². The van der Waals surface area contributed by atoms with E-state index in [1.165, 1.54) is 18.5 Å². The molecule has 0 aromatic heterocycles. The molecule has 0 nitrogen and oxygen atoms in total. The van der Waals surface area contributed by atoms with Gasteiger partial charge in [-0.15, -0.1) is 0 Å². The second-order valence-corrected chi connectivity index (χ2v) is 9.58. The summed E-state index contributed by atoms with van der Waals surface area (Å²) in [6.45, 7) is 6.72. The van der Waals surface area contributed by atoms with Gasteiger partial charge in [0.05, 0.1) is 0 Å². The van der Waals surface area contributed by atoms with Crippen molar-refractivity contribution < 1.29 is 15.0 Å². The van der Waals surface area contributed by atoms with E-state index in [1.807, 2.05) is 0 Å². The molecule has 2 heteroatoms. The Morgan fingerprint density at radius 3 is 1.25 bits per heavy atom. The summed E-state index contributed by atoms with van der Waals surface area (Å²) in [6, 6.07) is -1.05. The molecule has 0 spiro atoms. The molecule has 0 heterocycles. The predicted octanol–water partition coefficient (Wildman–Crippen LogP) is 2.26. The third-order valence-electron chi connectivity index (χ3n) is 1.84. The average Bonchev–Trinajstić information content (AvgIpc) is 1.87. The van der Waals surface area contributed by atoms with Crippen molar-refractivity contribution in [1.82, 2.24) is 0 Å². The van der Waals surface area contributed by atoms with Crippen molar-refractivity contribution in [3.63, 3.8) is 0 Å². The predicted molar refractivity (Wildman–Crippen MR) is 39.9 cm³/mol. The van der Waals surface area contributed by atoms with Gasteiger partial charge in [0.15, 0.2) is 0 Å². The molecule has 0 N–H and O–H groups in total. The van der Waals surface area contributed by atoms with Gasteiger partial charge in [-0.3, -0.25) is 0 Å². The van der Waals surface area contributed by atoms with Crippen LogP contribution in [0.1, 0.15) is 20.8 Å². The Hall–Kier alpha value is 0.924. The molecule has 55 valence electrons. The van der Waals surface area contributed by atoms with Gasteiger partial charge in [-0.2, -0.15) is 0 Å². The van der Waals surface area contributed by atoms with E-state index in [9.17, 15) is 0 Å².